The van der Waals surface area contributed by atoms with Crippen molar-refractivity contribution in [3.8, 4) is 11.8 Å². The molecule has 2 aromatic rings. The summed E-state index contributed by atoms with van der Waals surface area (Å²) in [6.07, 6.45) is 7.57. The van der Waals surface area contributed by atoms with Crippen molar-refractivity contribution in [1.82, 2.24) is 9.97 Å². The van der Waals surface area contributed by atoms with E-state index in [0.29, 0.717) is 12.8 Å². The summed E-state index contributed by atoms with van der Waals surface area (Å²) in [4.78, 5) is 21.2. The second-order valence-corrected chi connectivity index (χ2v) is 6.53. The Hall–Kier alpha value is -2.81. The Kier molecular flexibility index (Phi) is 5.57. The fraction of sp³-hybridized carbons (Fsp3) is 0.400. The standard InChI is InChI=1S/C20H20FN3O2/c1-2-13-11-23-19(24-12-13)15-4-6-16(7-5-15)20(25)26-18-8-3-14(10-22)9-17(18)21/h3,8-9,11-12,15-16H,2,4-7H2,1H3. The Bertz CT molecular complexity index is 822. The van der Waals surface area contributed by atoms with Crippen LogP contribution in [0.4, 0.5) is 4.39 Å². The third kappa shape index (κ3) is 4.05. The average Bonchev–Trinajstić information content (AvgIpc) is 2.69. The number of nitrogens with zero attached hydrogens (tertiary/aromatic N) is 3. The fourth-order valence-electron chi connectivity index (χ4n) is 3.19. The van der Waals surface area contributed by atoms with Crippen LogP contribution in [-0.4, -0.2) is 15.9 Å². The number of nitriles is 1. The highest BCUT2D eigenvalue weighted by Crippen LogP contribution is 2.35. The zero-order valence-corrected chi connectivity index (χ0v) is 14.6. The van der Waals surface area contributed by atoms with E-state index in [1.807, 2.05) is 18.5 Å². The fourth-order valence-corrected chi connectivity index (χ4v) is 3.19. The third-order valence-corrected chi connectivity index (χ3v) is 4.83. The lowest BCUT2D eigenvalue weighted by atomic mass is 9.81. The number of aryl methyl sites for hydroxylation is 1. The zero-order valence-electron chi connectivity index (χ0n) is 14.6. The summed E-state index contributed by atoms with van der Waals surface area (Å²) >= 11 is 0. The van der Waals surface area contributed by atoms with Gasteiger partial charge in [-0.1, -0.05) is 6.92 Å². The van der Waals surface area contributed by atoms with Crippen LogP contribution in [0.2, 0.25) is 0 Å². The Balaban J connectivity index is 1.57. The number of halogens is 1. The number of rotatable bonds is 4. The van der Waals surface area contributed by atoms with E-state index in [9.17, 15) is 9.18 Å². The molecule has 0 radical (unpaired) electrons. The van der Waals surface area contributed by atoms with Crippen LogP contribution in [-0.2, 0) is 11.2 Å². The number of hydrogen-bond donors (Lipinski definition) is 0. The summed E-state index contributed by atoms with van der Waals surface area (Å²) in [7, 11) is 0. The maximum atomic E-state index is 13.9. The van der Waals surface area contributed by atoms with Gasteiger partial charge in [-0.3, -0.25) is 4.79 Å². The third-order valence-electron chi connectivity index (χ3n) is 4.83. The van der Waals surface area contributed by atoms with Crippen LogP contribution in [0.5, 0.6) is 5.75 Å². The highest BCUT2D eigenvalue weighted by molar-refractivity contribution is 5.75. The molecule has 26 heavy (non-hydrogen) atoms. The first-order valence-electron chi connectivity index (χ1n) is 8.82. The first-order chi connectivity index (χ1) is 12.6. The molecule has 1 aromatic heterocycles. The summed E-state index contributed by atoms with van der Waals surface area (Å²) in [5.41, 5.74) is 1.30. The Morgan fingerprint density at radius 3 is 2.54 bits per heavy atom. The number of esters is 1. The van der Waals surface area contributed by atoms with E-state index in [0.717, 1.165) is 36.7 Å². The van der Waals surface area contributed by atoms with E-state index < -0.39 is 11.8 Å². The Morgan fingerprint density at radius 1 is 1.27 bits per heavy atom. The maximum absolute atomic E-state index is 13.9. The number of ether oxygens (including phenoxy) is 1. The molecule has 1 aliphatic carbocycles. The van der Waals surface area contributed by atoms with Crippen molar-refractivity contribution in [2.75, 3.05) is 0 Å². The summed E-state index contributed by atoms with van der Waals surface area (Å²) in [6, 6.07) is 5.66. The summed E-state index contributed by atoms with van der Waals surface area (Å²) in [6.45, 7) is 2.06. The van der Waals surface area contributed by atoms with Crippen molar-refractivity contribution in [3.63, 3.8) is 0 Å². The number of hydrogen-bond acceptors (Lipinski definition) is 5. The highest BCUT2D eigenvalue weighted by Gasteiger charge is 2.30. The first kappa shape index (κ1) is 18.0. The molecule has 0 bridgehead atoms. The molecule has 0 unspecified atom stereocenters. The monoisotopic (exact) mass is 353 g/mol. The second kappa shape index (κ2) is 8.05. The summed E-state index contributed by atoms with van der Waals surface area (Å²) in [5, 5.41) is 8.75. The number of carbonyl (C=O) groups is 1. The quantitative estimate of drug-likeness (QED) is 0.615. The lowest BCUT2D eigenvalue weighted by Crippen LogP contribution is -2.26. The lowest BCUT2D eigenvalue weighted by Gasteiger charge is -2.26. The Morgan fingerprint density at radius 2 is 1.96 bits per heavy atom. The van der Waals surface area contributed by atoms with Gasteiger partial charge >= 0.3 is 5.97 Å². The topological polar surface area (TPSA) is 75.9 Å². The molecule has 0 spiro atoms. The molecule has 1 heterocycles. The van der Waals surface area contributed by atoms with Crippen molar-refractivity contribution >= 4 is 5.97 Å². The van der Waals surface area contributed by atoms with Gasteiger partial charge in [-0.15, -0.1) is 0 Å². The molecular formula is C20H20FN3O2. The number of carbonyl (C=O) groups excluding carboxylic acids is 1. The van der Waals surface area contributed by atoms with Crippen molar-refractivity contribution in [1.29, 1.82) is 5.26 Å². The van der Waals surface area contributed by atoms with E-state index in [-0.39, 0.29) is 23.1 Å². The minimum Gasteiger partial charge on any atom is -0.423 e. The van der Waals surface area contributed by atoms with Crippen LogP contribution in [0, 0.1) is 23.1 Å². The average molecular weight is 353 g/mol. The molecule has 0 saturated heterocycles. The molecule has 1 aromatic carbocycles. The number of benzene rings is 1. The van der Waals surface area contributed by atoms with Crippen LogP contribution in [0.3, 0.4) is 0 Å². The van der Waals surface area contributed by atoms with Gasteiger partial charge in [0.2, 0.25) is 0 Å². The van der Waals surface area contributed by atoms with E-state index >= 15 is 0 Å². The Labute approximate surface area is 151 Å². The summed E-state index contributed by atoms with van der Waals surface area (Å²) < 4.78 is 19.1. The molecule has 1 saturated carbocycles. The second-order valence-electron chi connectivity index (χ2n) is 6.53. The molecule has 134 valence electrons. The van der Waals surface area contributed by atoms with Crippen LogP contribution in [0.25, 0.3) is 0 Å². The van der Waals surface area contributed by atoms with Crippen LogP contribution < -0.4 is 4.74 Å². The van der Waals surface area contributed by atoms with Gasteiger partial charge in [-0.25, -0.2) is 14.4 Å². The van der Waals surface area contributed by atoms with Crippen molar-refractivity contribution in [2.45, 2.75) is 44.9 Å². The molecule has 0 aliphatic heterocycles. The van der Waals surface area contributed by atoms with Gasteiger partial charge in [0.25, 0.3) is 0 Å². The first-order valence-corrected chi connectivity index (χ1v) is 8.82. The molecule has 5 nitrogen and oxygen atoms in total. The molecule has 1 aliphatic rings. The minimum absolute atomic E-state index is 0.130. The molecule has 3 rings (SSSR count). The molecule has 0 atom stereocenters. The normalized spacial score (nSPS) is 19.6. The van der Waals surface area contributed by atoms with Crippen molar-refractivity contribution < 1.29 is 13.9 Å². The van der Waals surface area contributed by atoms with E-state index in [4.69, 9.17) is 10.00 Å². The van der Waals surface area contributed by atoms with Gasteiger partial charge in [0.1, 0.15) is 5.82 Å². The lowest BCUT2D eigenvalue weighted by molar-refractivity contribution is -0.140. The number of aromatic nitrogens is 2. The molecule has 6 heteroatoms. The SMILES string of the molecule is CCc1cnc(C2CCC(C(=O)Oc3ccc(C#N)cc3F)CC2)nc1. The molecule has 0 amide bonds. The predicted octanol–water partition coefficient (Wildman–Crippen LogP) is 3.93. The molecule has 0 N–H and O–H groups in total. The molecular weight excluding hydrogens is 333 g/mol. The van der Waals surface area contributed by atoms with Crippen molar-refractivity contribution in [2.24, 2.45) is 5.92 Å². The summed E-state index contributed by atoms with van der Waals surface area (Å²) in [5.74, 6) is -0.431. The minimum atomic E-state index is -0.699. The van der Waals surface area contributed by atoms with Crippen molar-refractivity contribution in [3.05, 3.63) is 53.4 Å². The van der Waals surface area contributed by atoms with E-state index in [1.54, 1.807) is 0 Å². The molecule has 1 fully saturated rings. The van der Waals surface area contributed by atoms with Gasteiger partial charge in [0, 0.05) is 18.3 Å². The van der Waals surface area contributed by atoms with Gasteiger partial charge in [0.15, 0.2) is 11.6 Å². The maximum Gasteiger partial charge on any atom is 0.314 e. The van der Waals surface area contributed by atoms with E-state index in [2.05, 4.69) is 16.9 Å². The van der Waals surface area contributed by atoms with Crippen LogP contribution in [0.1, 0.15) is 55.5 Å². The highest BCUT2D eigenvalue weighted by atomic mass is 19.1. The van der Waals surface area contributed by atoms with Crippen LogP contribution >= 0.6 is 0 Å². The van der Waals surface area contributed by atoms with E-state index in [1.165, 1.54) is 12.1 Å². The largest absolute Gasteiger partial charge is 0.423 e. The van der Waals surface area contributed by atoms with Gasteiger partial charge in [-0.05, 0) is 55.9 Å². The van der Waals surface area contributed by atoms with Crippen LogP contribution in [0.15, 0.2) is 30.6 Å². The van der Waals surface area contributed by atoms with Gasteiger partial charge in [-0.2, -0.15) is 5.26 Å². The van der Waals surface area contributed by atoms with Gasteiger partial charge < -0.3 is 4.74 Å². The van der Waals surface area contributed by atoms with Gasteiger partial charge in [0.05, 0.1) is 17.6 Å². The smallest absolute Gasteiger partial charge is 0.314 e. The zero-order chi connectivity index (χ0) is 18.5. The predicted molar refractivity (Wildman–Crippen MR) is 92.9 cm³/mol.